The summed E-state index contributed by atoms with van der Waals surface area (Å²) in [7, 11) is 0. The van der Waals surface area contributed by atoms with E-state index in [1.54, 1.807) is 0 Å². The van der Waals surface area contributed by atoms with E-state index in [9.17, 15) is 0 Å². The van der Waals surface area contributed by atoms with E-state index in [0.717, 1.165) is 22.1 Å². The van der Waals surface area contributed by atoms with Crippen LogP contribution in [0, 0.1) is 11.7 Å². The number of H-pyrrole nitrogens is 1. The van der Waals surface area contributed by atoms with E-state index in [-0.39, 0.29) is 0 Å². The van der Waals surface area contributed by atoms with Gasteiger partial charge >= 0.3 is 0 Å². The fraction of sp³-hybridized carbons (Fsp3) is 0.125. The molecule has 0 spiro atoms. The van der Waals surface area contributed by atoms with Crippen molar-refractivity contribution in [1.82, 2.24) is 14.8 Å². The highest BCUT2D eigenvalue weighted by Gasteiger charge is 2.10. The van der Waals surface area contributed by atoms with E-state index in [4.69, 9.17) is 23.8 Å². The second-order valence-corrected chi connectivity index (χ2v) is 5.68. The third kappa shape index (κ3) is 2.91. The van der Waals surface area contributed by atoms with Crippen molar-refractivity contribution in [2.24, 2.45) is 0 Å². The molecular formula is C16H14ClN3S. The van der Waals surface area contributed by atoms with Gasteiger partial charge in [0.1, 0.15) is 5.82 Å². The maximum atomic E-state index is 6.23. The Hall–Kier alpha value is -1.91. The fourth-order valence-corrected chi connectivity index (χ4v) is 2.68. The topological polar surface area (TPSA) is 33.6 Å². The lowest BCUT2D eigenvalue weighted by atomic mass is 10.1. The number of halogens is 1. The minimum Gasteiger partial charge on any atom is -0.272 e. The normalized spacial score (nSPS) is 10.8. The summed E-state index contributed by atoms with van der Waals surface area (Å²) >= 11 is 11.6. The molecule has 0 aliphatic heterocycles. The van der Waals surface area contributed by atoms with Gasteiger partial charge in [0, 0.05) is 17.1 Å². The molecule has 0 saturated heterocycles. The average Bonchev–Trinajstić information content (AvgIpc) is 2.83. The van der Waals surface area contributed by atoms with Crippen LogP contribution in [0.3, 0.4) is 0 Å². The van der Waals surface area contributed by atoms with Gasteiger partial charge in [-0.05, 0) is 42.9 Å². The van der Waals surface area contributed by atoms with E-state index >= 15 is 0 Å². The summed E-state index contributed by atoms with van der Waals surface area (Å²) in [4.78, 5) is 0. The lowest BCUT2D eigenvalue weighted by Gasteiger charge is -2.08. The SMILES string of the molecule is Cc1ccc(-n2c(Cc3ccccc3Cl)n[nH]c2=S)cc1. The lowest BCUT2D eigenvalue weighted by molar-refractivity contribution is 0.902. The van der Waals surface area contributed by atoms with Gasteiger partial charge in [-0.2, -0.15) is 5.10 Å². The molecule has 3 aromatic rings. The van der Waals surface area contributed by atoms with Crippen LogP contribution in [-0.4, -0.2) is 14.8 Å². The summed E-state index contributed by atoms with van der Waals surface area (Å²) in [5, 5.41) is 7.94. The minimum absolute atomic E-state index is 0.584. The Morgan fingerprint density at radius 2 is 1.86 bits per heavy atom. The number of rotatable bonds is 3. The van der Waals surface area contributed by atoms with Gasteiger partial charge in [0.15, 0.2) is 4.77 Å². The zero-order valence-electron chi connectivity index (χ0n) is 11.5. The van der Waals surface area contributed by atoms with Crippen LogP contribution in [-0.2, 0) is 6.42 Å². The molecule has 0 amide bonds. The lowest BCUT2D eigenvalue weighted by Crippen LogP contribution is -2.03. The molecule has 2 aromatic carbocycles. The van der Waals surface area contributed by atoms with Gasteiger partial charge in [0.25, 0.3) is 0 Å². The molecule has 0 fully saturated rings. The molecule has 0 aliphatic carbocycles. The zero-order chi connectivity index (χ0) is 14.8. The molecule has 0 atom stereocenters. The molecule has 1 heterocycles. The largest absolute Gasteiger partial charge is 0.272 e. The molecule has 0 radical (unpaired) electrons. The average molecular weight is 316 g/mol. The summed E-state index contributed by atoms with van der Waals surface area (Å²) in [5.74, 6) is 0.844. The number of nitrogens with zero attached hydrogens (tertiary/aromatic N) is 2. The summed E-state index contributed by atoms with van der Waals surface area (Å²) < 4.78 is 2.53. The van der Waals surface area contributed by atoms with Crippen molar-refractivity contribution in [3.63, 3.8) is 0 Å². The second-order valence-electron chi connectivity index (χ2n) is 4.88. The number of aromatic amines is 1. The standard InChI is InChI=1S/C16H14ClN3S/c1-11-6-8-13(9-7-11)20-15(18-19-16(20)21)10-12-4-2-3-5-14(12)17/h2-9H,10H2,1H3,(H,19,21). The molecule has 5 heteroatoms. The van der Waals surface area contributed by atoms with Crippen LogP contribution in [0.25, 0.3) is 5.69 Å². The first-order valence-corrected chi connectivity index (χ1v) is 7.40. The van der Waals surface area contributed by atoms with Crippen molar-refractivity contribution in [2.45, 2.75) is 13.3 Å². The van der Waals surface area contributed by atoms with E-state index in [0.29, 0.717) is 11.2 Å². The molecule has 21 heavy (non-hydrogen) atoms. The number of aryl methyl sites for hydroxylation is 1. The summed E-state index contributed by atoms with van der Waals surface area (Å²) in [6, 6.07) is 16.0. The predicted molar refractivity (Wildman–Crippen MR) is 87.7 cm³/mol. The molecule has 1 aromatic heterocycles. The van der Waals surface area contributed by atoms with Gasteiger partial charge in [-0.1, -0.05) is 47.5 Å². The van der Waals surface area contributed by atoms with Gasteiger partial charge in [0.2, 0.25) is 0 Å². The number of benzene rings is 2. The van der Waals surface area contributed by atoms with Gasteiger partial charge in [-0.3, -0.25) is 9.67 Å². The molecule has 3 rings (SSSR count). The highest BCUT2D eigenvalue weighted by molar-refractivity contribution is 7.71. The van der Waals surface area contributed by atoms with Crippen molar-refractivity contribution in [3.05, 3.63) is 75.3 Å². The Labute approximate surface area is 133 Å². The van der Waals surface area contributed by atoms with E-state index in [2.05, 4.69) is 29.3 Å². The van der Waals surface area contributed by atoms with Gasteiger partial charge in [-0.15, -0.1) is 0 Å². The first-order valence-electron chi connectivity index (χ1n) is 6.62. The van der Waals surface area contributed by atoms with Crippen LogP contribution in [0.1, 0.15) is 17.0 Å². The molecular weight excluding hydrogens is 302 g/mol. The highest BCUT2D eigenvalue weighted by atomic mass is 35.5. The first-order chi connectivity index (χ1) is 10.1. The van der Waals surface area contributed by atoms with Crippen molar-refractivity contribution < 1.29 is 0 Å². The Bertz CT molecular complexity index is 818. The van der Waals surface area contributed by atoms with Gasteiger partial charge in [-0.25, -0.2) is 0 Å². The van der Waals surface area contributed by atoms with E-state index < -0.39 is 0 Å². The van der Waals surface area contributed by atoms with Crippen LogP contribution in [0.2, 0.25) is 5.02 Å². The van der Waals surface area contributed by atoms with Gasteiger partial charge in [0.05, 0.1) is 0 Å². The predicted octanol–water partition coefficient (Wildman–Crippen LogP) is 4.48. The van der Waals surface area contributed by atoms with E-state index in [1.165, 1.54) is 5.56 Å². The quantitative estimate of drug-likeness (QED) is 0.723. The molecule has 0 bridgehead atoms. The summed E-state index contributed by atoms with van der Waals surface area (Å²) in [6.45, 7) is 2.06. The van der Waals surface area contributed by atoms with Crippen molar-refractivity contribution in [1.29, 1.82) is 0 Å². The number of hydrogen-bond acceptors (Lipinski definition) is 2. The van der Waals surface area contributed by atoms with Crippen LogP contribution in [0.5, 0.6) is 0 Å². The third-order valence-electron chi connectivity index (χ3n) is 3.34. The minimum atomic E-state index is 0.584. The number of nitrogens with one attached hydrogen (secondary N) is 1. The Morgan fingerprint density at radius 1 is 1.14 bits per heavy atom. The monoisotopic (exact) mass is 315 g/mol. The van der Waals surface area contributed by atoms with Crippen LogP contribution >= 0.6 is 23.8 Å². The van der Waals surface area contributed by atoms with Gasteiger partial charge < -0.3 is 0 Å². The smallest absolute Gasteiger partial charge is 0.199 e. The maximum Gasteiger partial charge on any atom is 0.199 e. The Kier molecular flexibility index (Phi) is 3.90. The Morgan fingerprint density at radius 3 is 2.57 bits per heavy atom. The van der Waals surface area contributed by atoms with Crippen molar-refractivity contribution >= 4 is 23.8 Å². The van der Waals surface area contributed by atoms with Crippen molar-refractivity contribution in [3.8, 4) is 5.69 Å². The summed E-state index contributed by atoms with van der Waals surface area (Å²) in [5.41, 5.74) is 3.24. The molecule has 1 N–H and O–H groups in total. The van der Waals surface area contributed by atoms with E-state index in [1.807, 2.05) is 41.0 Å². The molecule has 0 saturated carbocycles. The molecule has 0 unspecified atom stereocenters. The highest BCUT2D eigenvalue weighted by Crippen LogP contribution is 2.20. The Balaban J connectivity index is 2.03. The second kappa shape index (κ2) is 5.84. The van der Waals surface area contributed by atoms with Crippen LogP contribution in [0.4, 0.5) is 0 Å². The molecule has 106 valence electrons. The first kappa shape index (κ1) is 14.0. The summed E-state index contributed by atoms with van der Waals surface area (Å²) in [6.07, 6.45) is 0.626. The third-order valence-corrected chi connectivity index (χ3v) is 3.98. The maximum absolute atomic E-state index is 6.23. The molecule has 3 nitrogen and oxygen atoms in total. The van der Waals surface area contributed by atoms with Crippen molar-refractivity contribution in [2.75, 3.05) is 0 Å². The molecule has 0 aliphatic rings. The van der Waals surface area contributed by atoms with Crippen LogP contribution in [0.15, 0.2) is 48.5 Å². The fourth-order valence-electron chi connectivity index (χ4n) is 2.22. The number of aromatic nitrogens is 3. The van der Waals surface area contributed by atoms with Crippen LogP contribution < -0.4 is 0 Å². The number of hydrogen-bond donors (Lipinski definition) is 1. The zero-order valence-corrected chi connectivity index (χ0v) is 13.1.